The molecular formula is C16H25NO2. The molecule has 1 aliphatic carbocycles. The molecule has 0 aromatic heterocycles. The highest BCUT2D eigenvalue weighted by Crippen LogP contribution is 2.25. The van der Waals surface area contributed by atoms with Gasteiger partial charge >= 0.3 is 0 Å². The number of hydrogen-bond acceptors (Lipinski definition) is 3. The van der Waals surface area contributed by atoms with Crippen LogP contribution in [0.25, 0.3) is 0 Å². The van der Waals surface area contributed by atoms with Gasteiger partial charge in [0.1, 0.15) is 5.75 Å². The number of phenolic OH excluding ortho intramolecular Hbond substituents is 1. The van der Waals surface area contributed by atoms with Crippen LogP contribution in [0.1, 0.15) is 49.8 Å². The number of ether oxygens (including phenoxy) is 1. The molecule has 2 N–H and O–H groups in total. The van der Waals surface area contributed by atoms with E-state index in [1.807, 2.05) is 25.1 Å². The maximum atomic E-state index is 9.92. The molecule has 1 aromatic rings. The van der Waals surface area contributed by atoms with Gasteiger partial charge in [-0.25, -0.2) is 0 Å². The van der Waals surface area contributed by atoms with Gasteiger partial charge in [-0.1, -0.05) is 25.0 Å². The molecule has 106 valence electrons. The van der Waals surface area contributed by atoms with Gasteiger partial charge in [-0.05, 0) is 38.3 Å². The monoisotopic (exact) mass is 263 g/mol. The Hall–Kier alpha value is -1.06. The molecule has 0 bridgehead atoms. The van der Waals surface area contributed by atoms with Crippen molar-refractivity contribution in [2.75, 3.05) is 13.2 Å². The summed E-state index contributed by atoms with van der Waals surface area (Å²) in [4.78, 5) is 0. The molecule has 1 fully saturated rings. The second kappa shape index (κ2) is 6.92. The Morgan fingerprint density at radius 3 is 2.79 bits per heavy atom. The quantitative estimate of drug-likeness (QED) is 0.774. The molecule has 0 radical (unpaired) electrons. The molecule has 19 heavy (non-hydrogen) atoms. The Morgan fingerprint density at radius 2 is 2.11 bits per heavy atom. The van der Waals surface area contributed by atoms with Crippen LogP contribution in [-0.4, -0.2) is 24.4 Å². The summed E-state index contributed by atoms with van der Waals surface area (Å²) in [6.45, 7) is 5.63. The third-order valence-corrected chi connectivity index (χ3v) is 3.86. The van der Waals surface area contributed by atoms with Gasteiger partial charge < -0.3 is 15.2 Å². The van der Waals surface area contributed by atoms with E-state index in [0.717, 1.165) is 24.3 Å². The van der Waals surface area contributed by atoms with Gasteiger partial charge in [-0.2, -0.15) is 0 Å². The van der Waals surface area contributed by atoms with Gasteiger partial charge in [-0.3, -0.25) is 0 Å². The van der Waals surface area contributed by atoms with Crippen LogP contribution in [0.3, 0.4) is 0 Å². The summed E-state index contributed by atoms with van der Waals surface area (Å²) in [6, 6.07) is 5.97. The Balaban J connectivity index is 1.72. The third-order valence-electron chi connectivity index (χ3n) is 3.86. The Bertz CT molecular complexity index is 400. The van der Waals surface area contributed by atoms with E-state index < -0.39 is 0 Å². The molecule has 1 unspecified atom stereocenters. The van der Waals surface area contributed by atoms with Crippen LogP contribution in [0.5, 0.6) is 5.75 Å². The van der Waals surface area contributed by atoms with Crippen molar-refractivity contribution in [3.05, 3.63) is 29.3 Å². The zero-order chi connectivity index (χ0) is 13.7. The first-order valence-electron chi connectivity index (χ1n) is 7.31. The first-order chi connectivity index (χ1) is 9.16. The SMILES string of the molecule is Cc1ccc(C(C)NCCOC2CCCC2)c(O)c1. The lowest BCUT2D eigenvalue weighted by Crippen LogP contribution is -2.25. The normalized spacial score (nSPS) is 17.8. The lowest BCUT2D eigenvalue weighted by atomic mass is 10.1. The first kappa shape index (κ1) is 14.4. The van der Waals surface area contributed by atoms with Crippen LogP contribution < -0.4 is 5.32 Å². The Labute approximate surface area is 116 Å². The lowest BCUT2D eigenvalue weighted by molar-refractivity contribution is 0.0593. The van der Waals surface area contributed by atoms with Crippen molar-refractivity contribution < 1.29 is 9.84 Å². The van der Waals surface area contributed by atoms with Gasteiger partial charge in [0.15, 0.2) is 0 Å². The number of nitrogens with one attached hydrogen (secondary N) is 1. The van der Waals surface area contributed by atoms with Crippen molar-refractivity contribution >= 4 is 0 Å². The maximum absolute atomic E-state index is 9.92. The fraction of sp³-hybridized carbons (Fsp3) is 0.625. The fourth-order valence-corrected chi connectivity index (χ4v) is 2.69. The predicted octanol–water partition coefficient (Wildman–Crippen LogP) is 3.31. The number of aromatic hydroxyl groups is 1. The smallest absolute Gasteiger partial charge is 0.120 e. The summed E-state index contributed by atoms with van der Waals surface area (Å²) in [5, 5.41) is 13.3. The van der Waals surface area contributed by atoms with Crippen LogP contribution >= 0.6 is 0 Å². The van der Waals surface area contributed by atoms with Crippen LogP contribution in [0.15, 0.2) is 18.2 Å². The van der Waals surface area contributed by atoms with E-state index in [1.165, 1.54) is 25.7 Å². The van der Waals surface area contributed by atoms with Crippen LogP contribution in [-0.2, 0) is 4.74 Å². The number of rotatable bonds is 6. The van der Waals surface area contributed by atoms with Gasteiger partial charge in [0.25, 0.3) is 0 Å². The largest absolute Gasteiger partial charge is 0.508 e. The predicted molar refractivity (Wildman–Crippen MR) is 77.5 cm³/mol. The number of hydrogen-bond donors (Lipinski definition) is 2. The Kier molecular flexibility index (Phi) is 5.23. The molecule has 3 heteroatoms. The average molecular weight is 263 g/mol. The van der Waals surface area contributed by atoms with Gasteiger partial charge in [0.2, 0.25) is 0 Å². The number of phenols is 1. The Morgan fingerprint density at radius 1 is 1.37 bits per heavy atom. The van der Waals surface area contributed by atoms with Gasteiger partial charge in [-0.15, -0.1) is 0 Å². The first-order valence-corrected chi connectivity index (χ1v) is 7.31. The number of aryl methyl sites for hydroxylation is 1. The van der Waals surface area contributed by atoms with Crippen molar-refractivity contribution in [3.63, 3.8) is 0 Å². The summed E-state index contributed by atoms with van der Waals surface area (Å²) in [7, 11) is 0. The minimum absolute atomic E-state index is 0.146. The van der Waals surface area contributed by atoms with Crippen molar-refractivity contribution in [3.8, 4) is 5.75 Å². The van der Waals surface area contributed by atoms with E-state index in [9.17, 15) is 5.11 Å². The van der Waals surface area contributed by atoms with Crippen molar-refractivity contribution in [2.45, 2.75) is 51.7 Å². The molecule has 3 nitrogen and oxygen atoms in total. The zero-order valence-electron chi connectivity index (χ0n) is 12.0. The molecular weight excluding hydrogens is 238 g/mol. The zero-order valence-corrected chi connectivity index (χ0v) is 12.0. The van der Waals surface area contributed by atoms with E-state index in [4.69, 9.17) is 4.74 Å². The van der Waals surface area contributed by atoms with Gasteiger partial charge in [0, 0.05) is 18.2 Å². The molecule has 0 spiro atoms. The van der Waals surface area contributed by atoms with Gasteiger partial charge in [0.05, 0.1) is 12.7 Å². The molecule has 0 amide bonds. The fourth-order valence-electron chi connectivity index (χ4n) is 2.69. The topological polar surface area (TPSA) is 41.5 Å². The highest BCUT2D eigenvalue weighted by Gasteiger charge is 2.15. The minimum Gasteiger partial charge on any atom is -0.508 e. The van der Waals surface area contributed by atoms with Crippen molar-refractivity contribution in [1.82, 2.24) is 5.32 Å². The van der Waals surface area contributed by atoms with E-state index in [0.29, 0.717) is 11.9 Å². The van der Waals surface area contributed by atoms with Crippen LogP contribution in [0, 0.1) is 6.92 Å². The molecule has 1 atom stereocenters. The van der Waals surface area contributed by atoms with Crippen molar-refractivity contribution in [2.24, 2.45) is 0 Å². The van der Waals surface area contributed by atoms with Crippen LogP contribution in [0.2, 0.25) is 0 Å². The van der Waals surface area contributed by atoms with Crippen LogP contribution in [0.4, 0.5) is 0 Å². The summed E-state index contributed by atoms with van der Waals surface area (Å²) in [6.07, 6.45) is 5.53. The summed E-state index contributed by atoms with van der Waals surface area (Å²) in [5.74, 6) is 0.372. The molecule has 0 saturated heterocycles. The molecule has 1 saturated carbocycles. The second-order valence-corrected chi connectivity index (χ2v) is 5.52. The van der Waals surface area contributed by atoms with E-state index >= 15 is 0 Å². The molecule has 1 aliphatic rings. The minimum atomic E-state index is 0.146. The summed E-state index contributed by atoms with van der Waals surface area (Å²) < 4.78 is 5.81. The van der Waals surface area contributed by atoms with E-state index in [2.05, 4.69) is 12.2 Å². The summed E-state index contributed by atoms with van der Waals surface area (Å²) in [5.41, 5.74) is 2.03. The highest BCUT2D eigenvalue weighted by molar-refractivity contribution is 5.37. The van der Waals surface area contributed by atoms with E-state index in [1.54, 1.807) is 0 Å². The molecule has 0 aliphatic heterocycles. The average Bonchev–Trinajstić information content (AvgIpc) is 2.87. The van der Waals surface area contributed by atoms with Crippen molar-refractivity contribution in [1.29, 1.82) is 0 Å². The lowest BCUT2D eigenvalue weighted by Gasteiger charge is -2.17. The second-order valence-electron chi connectivity index (χ2n) is 5.52. The molecule has 0 heterocycles. The maximum Gasteiger partial charge on any atom is 0.120 e. The standard InChI is InChI=1S/C16H25NO2/c1-12-7-8-15(16(18)11-12)13(2)17-9-10-19-14-5-3-4-6-14/h7-8,11,13-14,17-18H,3-6,9-10H2,1-2H3. The molecule has 2 rings (SSSR count). The highest BCUT2D eigenvalue weighted by atomic mass is 16.5. The third kappa shape index (κ3) is 4.22. The number of benzene rings is 1. The summed E-state index contributed by atoms with van der Waals surface area (Å²) >= 11 is 0. The van der Waals surface area contributed by atoms with E-state index in [-0.39, 0.29) is 6.04 Å². The molecule has 1 aromatic carbocycles.